The molecule has 156 valence electrons. The molecule has 1 amide bonds. The number of hydrogen-bond acceptors (Lipinski definition) is 4. The lowest BCUT2D eigenvalue weighted by molar-refractivity contribution is -0.116. The molecule has 6 nitrogen and oxygen atoms in total. The Labute approximate surface area is 176 Å². The second kappa shape index (κ2) is 9.15. The van der Waals surface area contributed by atoms with Crippen molar-refractivity contribution in [3.8, 4) is 5.75 Å². The molecule has 8 heteroatoms. The molecule has 0 bridgehead atoms. The Hall–Kier alpha value is -2.09. The van der Waals surface area contributed by atoms with E-state index in [1.54, 1.807) is 30.3 Å². The van der Waals surface area contributed by atoms with Gasteiger partial charge in [-0.1, -0.05) is 17.7 Å². The van der Waals surface area contributed by atoms with Gasteiger partial charge in [0, 0.05) is 30.2 Å². The zero-order valence-corrected chi connectivity index (χ0v) is 18.1. The lowest BCUT2D eigenvalue weighted by Gasteiger charge is -2.17. The monoisotopic (exact) mass is 436 g/mol. The van der Waals surface area contributed by atoms with Gasteiger partial charge in [-0.15, -0.1) is 0 Å². The largest absolute Gasteiger partial charge is 0.496 e. The van der Waals surface area contributed by atoms with Crippen molar-refractivity contribution in [1.82, 2.24) is 4.31 Å². The van der Waals surface area contributed by atoms with Gasteiger partial charge in [-0.2, -0.15) is 4.31 Å². The SMILES string of the molecule is COc1ccc(S(=O)(=O)N2CCCC2)cc1CCC(=O)Nc1cc(Cl)ccc1C. The number of sulfonamides is 1. The van der Waals surface area contributed by atoms with E-state index in [2.05, 4.69) is 5.32 Å². The average molecular weight is 437 g/mol. The first-order valence-electron chi connectivity index (χ1n) is 9.54. The minimum absolute atomic E-state index is 0.176. The molecule has 0 aliphatic carbocycles. The molecule has 3 rings (SSSR count). The number of halogens is 1. The quantitative estimate of drug-likeness (QED) is 0.711. The molecule has 0 saturated carbocycles. The smallest absolute Gasteiger partial charge is 0.243 e. The number of amides is 1. The summed E-state index contributed by atoms with van der Waals surface area (Å²) in [7, 11) is -1.99. The van der Waals surface area contributed by atoms with Gasteiger partial charge in [0.25, 0.3) is 0 Å². The standard InChI is InChI=1S/C21H25ClN2O4S/c1-15-5-7-17(22)14-19(15)23-21(25)10-6-16-13-18(8-9-20(16)28-2)29(26,27)24-11-3-4-12-24/h5,7-9,13-14H,3-4,6,10-12H2,1-2H3,(H,23,25). The number of hydrogen-bond donors (Lipinski definition) is 1. The van der Waals surface area contributed by atoms with Crippen molar-refractivity contribution in [2.75, 3.05) is 25.5 Å². The van der Waals surface area contributed by atoms with E-state index in [0.29, 0.717) is 41.5 Å². The Morgan fingerprint density at radius 3 is 2.59 bits per heavy atom. The third-order valence-electron chi connectivity index (χ3n) is 5.05. The molecule has 2 aromatic rings. The van der Waals surface area contributed by atoms with Crippen LogP contribution < -0.4 is 10.1 Å². The maximum absolute atomic E-state index is 12.8. The molecule has 0 aromatic heterocycles. The van der Waals surface area contributed by atoms with Gasteiger partial charge in [0.2, 0.25) is 15.9 Å². The Morgan fingerprint density at radius 2 is 1.90 bits per heavy atom. The fourth-order valence-electron chi connectivity index (χ4n) is 3.38. The molecule has 0 radical (unpaired) electrons. The number of aryl methyl sites for hydroxylation is 2. The highest BCUT2D eigenvalue weighted by atomic mass is 35.5. The van der Waals surface area contributed by atoms with E-state index in [1.165, 1.54) is 11.4 Å². The van der Waals surface area contributed by atoms with Crippen LogP contribution in [0.25, 0.3) is 0 Å². The normalized spacial score (nSPS) is 14.7. The van der Waals surface area contributed by atoms with Crippen molar-refractivity contribution < 1.29 is 17.9 Å². The predicted molar refractivity (Wildman–Crippen MR) is 114 cm³/mol. The summed E-state index contributed by atoms with van der Waals surface area (Å²) in [5.41, 5.74) is 2.27. The second-order valence-corrected chi connectivity index (χ2v) is 9.47. The Kier molecular flexibility index (Phi) is 6.82. The third kappa shape index (κ3) is 5.10. The number of carbonyl (C=O) groups excluding carboxylic acids is 1. The maximum Gasteiger partial charge on any atom is 0.243 e. The van der Waals surface area contributed by atoms with Crippen LogP contribution in [0.4, 0.5) is 5.69 Å². The molecule has 29 heavy (non-hydrogen) atoms. The molecule has 1 fully saturated rings. The molecule has 0 unspecified atom stereocenters. The van der Waals surface area contributed by atoms with Crippen LogP contribution >= 0.6 is 11.6 Å². The molecular weight excluding hydrogens is 412 g/mol. The number of anilines is 1. The summed E-state index contributed by atoms with van der Waals surface area (Å²) in [5.74, 6) is 0.391. The Morgan fingerprint density at radius 1 is 1.17 bits per heavy atom. The van der Waals surface area contributed by atoms with E-state index in [4.69, 9.17) is 16.3 Å². The summed E-state index contributed by atoms with van der Waals surface area (Å²) in [5, 5.41) is 3.41. The summed E-state index contributed by atoms with van der Waals surface area (Å²) in [6.07, 6.45) is 2.31. The van der Waals surface area contributed by atoms with E-state index in [9.17, 15) is 13.2 Å². The Bertz CT molecular complexity index is 1000. The van der Waals surface area contributed by atoms with Crippen LogP contribution in [0.15, 0.2) is 41.3 Å². The van der Waals surface area contributed by atoms with E-state index in [-0.39, 0.29) is 17.2 Å². The second-order valence-electron chi connectivity index (χ2n) is 7.09. The first-order valence-corrected chi connectivity index (χ1v) is 11.4. The van der Waals surface area contributed by atoms with Gasteiger partial charge in [-0.25, -0.2) is 8.42 Å². The van der Waals surface area contributed by atoms with Crippen molar-refractivity contribution in [1.29, 1.82) is 0 Å². The van der Waals surface area contributed by atoms with Crippen molar-refractivity contribution in [3.05, 3.63) is 52.5 Å². The molecule has 1 saturated heterocycles. The lowest BCUT2D eigenvalue weighted by Crippen LogP contribution is -2.28. The van der Waals surface area contributed by atoms with Crippen molar-refractivity contribution in [2.45, 2.75) is 37.5 Å². The molecular formula is C21H25ClN2O4S. The number of ether oxygens (including phenoxy) is 1. The van der Waals surface area contributed by atoms with Crippen molar-refractivity contribution >= 4 is 33.2 Å². The van der Waals surface area contributed by atoms with Gasteiger partial charge in [-0.05, 0) is 67.6 Å². The summed E-state index contributed by atoms with van der Waals surface area (Å²) in [4.78, 5) is 12.7. The lowest BCUT2D eigenvalue weighted by atomic mass is 10.1. The Balaban J connectivity index is 1.74. The highest BCUT2D eigenvalue weighted by Crippen LogP contribution is 2.27. The third-order valence-corrected chi connectivity index (χ3v) is 7.18. The zero-order valence-electron chi connectivity index (χ0n) is 16.6. The van der Waals surface area contributed by atoms with Crippen LogP contribution in [0.2, 0.25) is 5.02 Å². The fourth-order valence-corrected chi connectivity index (χ4v) is 5.12. The van der Waals surface area contributed by atoms with Crippen LogP contribution in [-0.2, 0) is 21.2 Å². The van der Waals surface area contributed by atoms with Crippen LogP contribution in [0.1, 0.15) is 30.4 Å². The first-order chi connectivity index (χ1) is 13.8. The fraction of sp³-hybridized carbons (Fsp3) is 0.381. The van der Waals surface area contributed by atoms with Gasteiger partial charge >= 0.3 is 0 Å². The molecule has 0 spiro atoms. The van der Waals surface area contributed by atoms with E-state index < -0.39 is 10.0 Å². The maximum atomic E-state index is 12.8. The highest BCUT2D eigenvalue weighted by molar-refractivity contribution is 7.89. The van der Waals surface area contributed by atoms with Crippen molar-refractivity contribution in [2.24, 2.45) is 0 Å². The van der Waals surface area contributed by atoms with Gasteiger partial charge < -0.3 is 10.1 Å². The number of nitrogens with zero attached hydrogens (tertiary/aromatic N) is 1. The van der Waals surface area contributed by atoms with E-state index >= 15 is 0 Å². The summed E-state index contributed by atoms with van der Waals surface area (Å²) in [6, 6.07) is 10.1. The number of benzene rings is 2. The molecule has 0 atom stereocenters. The molecule has 1 aliphatic heterocycles. The molecule has 1 heterocycles. The van der Waals surface area contributed by atoms with Gasteiger partial charge in [0.1, 0.15) is 5.75 Å². The summed E-state index contributed by atoms with van der Waals surface area (Å²) < 4.78 is 32.5. The number of carbonyl (C=O) groups is 1. The average Bonchev–Trinajstić information content (AvgIpc) is 3.24. The molecule has 1 aliphatic rings. The summed E-state index contributed by atoms with van der Waals surface area (Å²) in [6.45, 7) is 2.98. The van der Waals surface area contributed by atoms with Crippen LogP contribution in [0, 0.1) is 6.92 Å². The first kappa shape index (κ1) is 21.6. The predicted octanol–water partition coefficient (Wildman–Crippen LogP) is 4.01. The number of rotatable bonds is 7. The minimum Gasteiger partial charge on any atom is -0.496 e. The van der Waals surface area contributed by atoms with Crippen molar-refractivity contribution in [3.63, 3.8) is 0 Å². The van der Waals surface area contributed by atoms with E-state index in [0.717, 1.165) is 18.4 Å². The van der Waals surface area contributed by atoms with Gasteiger partial charge in [0.15, 0.2) is 0 Å². The van der Waals surface area contributed by atoms with Gasteiger partial charge in [0.05, 0.1) is 12.0 Å². The zero-order chi connectivity index (χ0) is 21.0. The summed E-state index contributed by atoms with van der Waals surface area (Å²) >= 11 is 6.00. The number of methoxy groups -OCH3 is 1. The topological polar surface area (TPSA) is 75.7 Å². The van der Waals surface area contributed by atoms with Gasteiger partial charge in [-0.3, -0.25) is 4.79 Å². The van der Waals surface area contributed by atoms with Crippen LogP contribution in [-0.4, -0.2) is 38.8 Å². The molecule has 1 N–H and O–H groups in total. The van der Waals surface area contributed by atoms with Crippen LogP contribution in [0.3, 0.4) is 0 Å². The number of nitrogens with one attached hydrogen (secondary N) is 1. The highest BCUT2D eigenvalue weighted by Gasteiger charge is 2.27. The molecule has 2 aromatic carbocycles. The van der Waals surface area contributed by atoms with Crippen LogP contribution in [0.5, 0.6) is 5.75 Å². The minimum atomic E-state index is -3.52. The van der Waals surface area contributed by atoms with E-state index in [1.807, 2.05) is 13.0 Å².